The van der Waals surface area contributed by atoms with Gasteiger partial charge in [0, 0.05) is 5.54 Å². The van der Waals surface area contributed by atoms with E-state index in [9.17, 15) is 4.39 Å². The predicted octanol–water partition coefficient (Wildman–Crippen LogP) is 0.444. The maximum absolute atomic E-state index is 11.8. The second-order valence-electron chi connectivity index (χ2n) is 3.35. The highest BCUT2D eigenvalue weighted by molar-refractivity contribution is 5.06. The number of aliphatic hydroxyl groups excluding tert-OH is 1. The fourth-order valence-electron chi connectivity index (χ4n) is 1.29. The Kier molecular flexibility index (Phi) is 1.97. The highest BCUT2D eigenvalue weighted by Crippen LogP contribution is 2.43. The highest BCUT2D eigenvalue weighted by atomic mass is 19.1. The molecule has 10 heavy (non-hydrogen) atoms. The Balaban J connectivity index is 2.26. The number of rotatable bonds is 3. The molecule has 0 aliphatic heterocycles. The van der Waals surface area contributed by atoms with Crippen molar-refractivity contribution in [2.75, 3.05) is 6.67 Å². The van der Waals surface area contributed by atoms with E-state index in [1.165, 1.54) is 0 Å². The summed E-state index contributed by atoms with van der Waals surface area (Å²) in [7, 11) is 0. The zero-order valence-electron chi connectivity index (χ0n) is 6.18. The third kappa shape index (κ3) is 1.47. The van der Waals surface area contributed by atoms with Crippen molar-refractivity contribution in [3.63, 3.8) is 0 Å². The van der Waals surface area contributed by atoms with E-state index in [2.05, 4.69) is 0 Å². The summed E-state index contributed by atoms with van der Waals surface area (Å²) in [5.74, 6) is 0.452. The van der Waals surface area contributed by atoms with Crippen LogP contribution < -0.4 is 5.73 Å². The van der Waals surface area contributed by atoms with Crippen LogP contribution in [-0.4, -0.2) is 23.4 Å². The summed E-state index contributed by atoms with van der Waals surface area (Å²) in [6.07, 6.45) is 0.476. The minimum absolute atomic E-state index is 0.258. The monoisotopic (exact) mass is 147 g/mol. The van der Waals surface area contributed by atoms with Gasteiger partial charge in [0.25, 0.3) is 0 Å². The van der Waals surface area contributed by atoms with Gasteiger partial charge < -0.3 is 10.8 Å². The van der Waals surface area contributed by atoms with Gasteiger partial charge in [-0.15, -0.1) is 0 Å². The van der Waals surface area contributed by atoms with Crippen molar-refractivity contribution < 1.29 is 9.50 Å². The molecule has 3 heteroatoms. The minimum Gasteiger partial charge on any atom is -0.390 e. The Morgan fingerprint density at radius 3 is 2.70 bits per heavy atom. The molecule has 1 aliphatic rings. The molecular weight excluding hydrogens is 133 g/mol. The quantitative estimate of drug-likeness (QED) is 0.608. The number of hydrogen-bond donors (Lipinski definition) is 2. The Morgan fingerprint density at radius 1 is 1.90 bits per heavy atom. The van der Waals surface area contributed by atoms with Crippen LogP contribution in [0.4, 0.5) is 4.39 Å². The molecule has 0 aromatic rings. The number of nitrogens with two attached hydrogens (primary N) is 1. The number of hydrogen-bond acceptors (Lipinski definition) is 2. The summed E-state index contributed by atoms with van der Waals surface area (Å²) in [4.78, 5) is 0. The van der Waals surface area contributed by atoms with E-state index in [0.717, 1.165) is 6.42 Å². The van der Waals surface area contributed by atoms with Crippen LogP contribution in [0.5, 0.6) is 0 Å². The number of halogens is 1. The maximum atomic E-state index is 11.8. The smallest absolute Gasteiger partial charge is 0.115 e. The normalized spacial score (nSPS) is 41.4. The van der Waals surface area contributed by atoms with Gasteiger partial charge in [-0.05, 0) is 18.8 Å². The fraction of sp³-hybridized carbons (Fsp3) is 1.00. The first-order valence-corrected chi connectivity index (χ1v) is 3.61. The molecule has 1 aliphatic carbocycles. The molecule has 0 spiro atoms. The first-order chi connectivity index (χ1) is 4.58. The molecular formula is C7H14FNO. The third-order valence-electron chi connectivity index (χ3n) is 2.30. The van der Waals surface area contributed by atoms with Crippen molar-refractivity contribution >= 4 is 0 Å². The fourth-order valence-corrected chi connectivity index (χ4v) is 1.29. The zero-order valence-corrected chi connectivity index (χ0v) is 6.18. The van der Waals surface area contributed by atoms with Gasteiger partial charge in [-0.1, -0.05) is 6.92 Å². The van der Waals surface area contributed by atoms with E-state index >= 15 is 0 Å². The molecule has 1 saturated carbocycles. The lowest BCUT2D eigenvalue weighted by atomic mass is 10.1. The molecule has 60 valence electrons. The number of aliphatic hydroxyl groups is 1. The Hall–Kier alpha value is -0.150. The molecule has 3 atom stereocenters. The molecule has 0 bridgehead atoms. The summed E-state index contributed by atoms with van der Waals surface area (Å²) in [6.45, 7) is 1.34. The van der Waals surface area contributed by atoms with E-state index in [-0.39, 0.29) is 5.54 Å². The van der Waals surface area contributed by atoms with Crippen molar-refractivity contribution in [2.45, 2.75) is 31.4 Å². The van der Waals surface area contributed by atoms with Gasteiger partial charge in [0.2, 0.25) is 0 Å². The molecule has 0 saturated heterocycles. The largest absolute Gasteiger partial charge is 0.390 e. The van der Waals surface area contributed by atoms with Gasteiger partial charge >= 0.3 is 0 Å². The van der Waals surface area contributed by atoms with Crippen molar-refractivity contribution in [1.29, 1.82) is 0 Å². The third-order valence-corrected chi connectivity index (χ3v) is 2.30. The minimum atomic E-state index is -0.852. The lowest BCUT2D eigenvalue weighted by Crippen LogP contribution is -2.30. The average molecular weight is 147 g/mol. The molecule has 1 rings (SSSR count). The summed E-state index contributed by atoms with van der Waals surface area (Å²) >= 11 is 0. The summed E-state index contributed by atoms with van der Waals surface area (Å²) in [6, 6.07) is 0. The van der Waals surface area contributed by atoms with Crippen LogP contribution in [0.25, 0.3) is 0 Å². The van der Waals surface area contributed by atoms with Crippen LogP contribution in [0, 0.1) is 5.92 Å². The molecule has 2 nitrogen and oxygen atoms in total. The molecule has 0 heterocycles. The SMILES string of the molecule is CC1CC1(N)CC(O)CF. The summed E-state index contributed by atoms with van der Waals surface area (Å²) in [5, 5.41) is 8.90. The van der Waals surface area contributed by atoms with E-state index in [4.69, 9.17) is 10.8 Å². The van der Waals surface area contributed by atoms with Crippen LogP contribution in [-0.2, 0) is 0 Å². The van der Waals surface area contributed by atoms with E-state index in [0.29, 0.717) is 12.3 Å². The second-order valence-corrected chi connectivity index (χ2v) is 3.35. The Morgan fingerprint density at radius 2 is 2.40 bits per heavy atom. The molecule has 3 unspecified atom stereocenters. The summed E-state index contributed by atoms with van der Waals surface area (Å²) in [5.41, 5.74) is 5.48. The Bertz CT molecular complexity index is 131. The first-order valence-electron chi connectivity index (χ1n) is 3.61. The van der Waals surface area contributed by atoms with Gasteiger partial charge in [0.1, 0.15) is 6.67 Å². The van der Waals surface area contributed by atoms with Crippen molar-refractivity contribution in [3.05, 3.63) is 0 Å². The summed E-state index contributed by atoms with van der Waals surface area (Å²) < 4.78 is 11.8. The van der Waals surface area contributed by atoms with Crippen molar-refractivity contribution in [3.8, 4) is 0 Å². The van der Waals surface area contributed by atoms with E-state index in [1.807, 2.05) is 6.92 Å². The van der Waals surface area contributed by atoms with Gasteiger partial charge in [0.15, 0.2) is 0 Å². The maximum Gasteiger partial charge on any atom is 0.115 e. The van der Waals surface area contributed by atoms with Crippen LogP contribution in [0.15, 0.2) is 0 Å². The van der Waals surface area contributed by atoms with Crippen LogP contribution in [0.2, 0.25) is 0 Å². The second kappa shape index (κ2) is 2.47. The zero-order chi connectivity index (χ0) is 7.78. The molecule has 0 radical (unpaired) electrons. The number of alkyl halides is 1. The van der Waals surface area contributed by atoms with Crippen molar-refractivity contribution in [2.24, 2.45) is 11.7 Å². The lowest BCUT2D eigenvalue weighted by molar-refractivity contribution is 0.118. The molecule has 0 amide bonds. The topological polar surface area (TPSA) is 46.2 Å². The van der Waals surface area contributed by atoms with Crippen LogP contribution in [0.1, 0.15) is 19.8 Å². The van der Waals surface area contributed by atoms with Gasteiger partial charge in [-0.3, -0.25) is 0 Å². The van der Waals surface area contributed by atoms with E-state index in [1.54, 1.807) is 0 Å². The predicted molar refractivity (Wildman–Crippen MR) is 37.3 cm³/mol. The first kappa shape index (κ1) is 7.95. The van der Waals surface area contributed by atoms with Gasteiger partial charge in [-0.25, -0.2) is 4.39 Å². The molecule has 0 aromatic heterocycles. The van der Waals surface area contributed by atoms with Gasteiger partial charge in [-0.2, -0.15) is 0 Å². The Labute approximate surface area is 60.2 Å². The van der Waals surface area contributed by atoms with Crippen LogP contribution in [0.3, 0.4) is 0 Å². The van der Waals surface area contributed by atoms with Gasteiger partial charge in [0.05, 0.1) is 6.10 Å². The van der Waals surface area contributed by atoms with Crippen LogP contribution >= 0.6 is 0 Å². The standard InChI is InChI=1S/C7H14FNO/c1-5-2-7(5,9)3-6(10)4-8/h5-6,10H,2-4,9H2,1H3. The molecule has 3 N–H and O–H groups in total. The highest BCUT2D eigenvalue weighted by Gasteiger charge is 2.48. The average Bonchev–Trinajstić information content (AvgIpc) is 2.40. The van der Waals surface area contributed by atoms with E-state index < -0.39 is 12.8 Å². The lowest BCUT2D eigenvalue weighted by Gasteiger charge is -2.12. The van der Waals surface area contributed by atoms with Crippen molar-refractivity contribution in [1.82, 2.24) is 0 Å². The molecule has 1 fully saturated rings. The molecule has 0 aromatic carbocycles.